The molecular formula is C22H28BrFN6O3. The van der Waals surface area contributed by atoms with E-state index in [0.717, 1.165) is 19.4 Å². The summed E-state index contributed by atoms with van der Waals surface area (Å²) in [4.78, 5) is 24.3. The lowest BCUT2D eigenvalue weighted by molar-refractivity contribution is -0.138. The highest BCUT2D eigenvalue weighted by Gasteiger charge is 2.38. The number of carbonyl (C=O) groups is 1. The summed E-state index contributed by atoms with van der Waals surface area (Å²) in [6.45, 7) is 5.00. The number of H-pyrrole nitrogens is 1. The van der Waals surface area contributed by atoms with Crippen LogP contribution in [0.15, 0.2) is 44.8 Å². The second kappa shape index (κ2) is 10.3. The molecule has 1 aliphatic carbocycles. The zero-order chi connectivity index (χ0) is 23.5. The largest absolute Gasteiger partial charge is 0.463 e. The number of allylic oxidation sites excluding steroid dienone is 2. The number of carbonyl (C=O) groups excluding carboxylic acids is 1. The molecule has 9 nitrogen and oxygen atoms in total. The molecule has 33 heavy (non-hydrogen) atoms. The molecule has 1 aromatic rings. The molecule has 178 valence electrons. The number of esters is 1. The van der Waals surface area contributed by atoms with E-state index in [-0.39, 0.29) is 19.3 Å². The molecule has 3 unspecified atom stereocenters. The summed E-state index contributed by atoms with van der Waals surface area (Å²) in [6, 6.07) is -0.710. The molecule has 0 spiro atoms. The van der Waals surface area contributed by atoms with Crippen LogP contribution in [0.25, 0.3) is 0 Å². The Labute approximate surface area is 200 Å². The van der Waals surface area contributed by atoms with Crippen molar-refractivity contribution in [3.8, 4) is 0 Å². The van der Waals surface area contributed by atoms with Gasteiger partial charge in [-0.3, -0.25) is 15.0 Å². The normalized spacial score (nSPS) is 28.2. The van der Waals surface area contributed by atoms with E-state index in [1.807, 2.05) is 0 Å². The van der Waals surface area contributed by atoms with Crippen LogP contribution in [0, 0.1) is 5.92 Å². The van der Waals surface area contributed by atoms with Crippen molar-refractivity contribution in [2.75, 3.05) is 26.3 Å². The first-order valence-electron chi connectivity index (χ1n) is 11.1. The Balaban J connectivity index is 1.82. The minimum atomic E-state index is -1.13. The molecule has 0 amide bonds. The van der Waals surface area contributed by atoms with Crippen LogP contribution in [0.2, 0.25) is 0 Å². The predicted octanol–water partition coefficient (Wildman–Crippen LogP) is 1.99. The Morgan fingerprint density at radius 3 is 2.97 bits per heavy atom. The SMILES string of the molecule is CCOC(=O)C1=C(CN2CCC[C@H]2CO)NC(c2ncn[nH]2)=NC1C1=C(Br)C(C)C(F)C=C1. The van der Waals surface area contributed by atoms with E-state index < -0.39 is 24.1 Å². The molecule has 0 radical (unpaired) electrons. The fraction of sp³-hybridized carbons (Fsp3) is 0.545. The third kappa shape index (κ3) is 4.80. The summed E-state index contributed by atoms with van der Waals surface area (Å²) in [5.74, 6) is -0.0422. The zero-order valence-corrected chi connectivity index (χ0v) is 20.2. The number of aromatic nitrogens is 3. The van der Waals surface area contributed by atoms with Crippen LogP contribution >= 0.6 is 15.9 Å². The molecule has 4 rings (SSSR count). The maximum atomic E-state index is 14.3. The predicted molar refractivity (Wildman–Crippen MR) is 124 cm³/mol. The van der Waals surface area contributed by atoms with Crippen LogP contribution < -0.4 is 5.32 Å². The van der Waals surface area contributed by atoms with E-state index in [9.17, 15) is 14.3 Å². The fourth-order valence-electron chi connectivity index (χ4n) is 4.41. The number of aliphatic hydroxyl groups is 1. The monoisotopic (exact) mass is 522 g/mol. The third-order valence-electron chi connectivity index (χ3n) is 6.24. The molecule has 4 atom stereocenters. The Kier molecular flexibility index (Phi) is 7.40. The Morgan fingerprint density at radius 1 is 1.45 bits per heavy atom. The first kappa shape index (κ1) is 23.8. The van der Waals surface area contributed by atoms with Crippen molar-refractivity contribution in [2.45, 2.75) is 44.9 Å². The van der Waals surface area contributed by atoms with Crippen LogP contribution in [-0.2, 0) is 9.53 Å². The molecule has 2 aliphatic heterocycles. The van der Waals surface area contributed by atoms with Crippen molar-refractivity contribution in [3.05, 3.63) is 45.6 Å². The average molecular weight is 523 g/mol. The van der Waals surface area contributed by atoms with Crippen LogP contribution in [-0.4, -0.2) is 81.6 Å². The number of nitrogens with one attached hydrogen (secondary N) is 2. The zero-order valence-electron chi connectivity index (χ0n) is 18.6. The molecule has 1 fully saturated rings. The lowest BCUT2D eigenvalue weighted by Crippen LogP contribution is -2.44. The molecule has 1 aromatic heterocycles. The van der Waals surface area contributed by atoms with Gasteiger partial charge in [-0.25, -0.2) is 14.2 Å². The van der Waals surface area contributed by atoms with Gasteiger partial charge >= 0.3 is 5.97 Å². The lowest BCUT2D eigenvalue weighted by atomic mass is 9.87. The minimum absolute atomic E-state index is 0.0154. The summed E-state index contributed by atoms with van der Waals surface area (Å²) in [6.07, 6.45) is 5.27. The highest BCUT2D eigenvalue weighted by Crippen LogP contribution is 2.38. The van der Waals surface area contributed by atoms with Crippen LogP contribution in [0.4, 0.5) is 4.39 Å². The summed E-state index contributed by atoms with van der Waals surface area (Å²) in [5, 5.41) is 19.8. The standard InChI is InChI=1S/C22H28BrFN6O3/c1-3-33-22(32)17-16(9-30-8-4-5-13(30)10-31)27-21(20-25-11-26-29-20)28-19(17)14-6-7-15(24)12(2)18(14)23/h6-7,11-13,15,19,31H,3-5,8-10H2,1-2H3,(H,27,28)(H,25,26,29)/t12?,13-,15?,19?/m0/s1. The van der Waals surface area contributed by atoms with Crippen LogP contribution in [0.5, 0.6) is 0 Å². The third-order valence-corrected chi connectivity index (χ3v) is 7.42. The summed E-state index contributed by atoms with van der Waals surface area (Å²) < 4.78 is 20.4. The molecule has 3 N–H and O–H groups in total. The van der Waals surface area contributed by atoms with Crippen LogP contribution in [0.3, 0.4) is 0 Å². The number of rotatable bonds is 7. The number of hydrogen-bond donors (Lipinski definition) is 3. The van der Waals surface area contributed by atoms with Gasteiger partial charge in [-0.2, -0.15) is 5.10 Å². The Morgan fingerprint density at radius 2 is 2.27 bits per heavy atom. The molecular weight excluding hydrogens is 495 g/mol. The number of halogens is 2. The van der Waals surface area contributed by atoms with E-state index in [1.54, 1.807) is 19.9 Å². The molecule has 11 heteroatoms. The van der Waals surface area contributed by atoms with Gasteiger partial charge in [-0.15, -0.1) is 0 Å². The number of likely N-dealkylation sites (tertiary alicyclic amines) is 1. The lowest BCUT2D eigenvalue weighted by Gasteiger charge is -2.33. The minimum Gasteiger partial charge on any atom is -0.463 e. The maximum absolute atomic E-state index is 14.3. The number of alkyl halides is 1. The van der Waals surface area contributed by atoms with Crippen molar-refractivity contribution in [1.29, 1.82) is 0 Å². The number of aliphatic hydroxyl groups excluding tert-OH is 1. The van der Waals surface area contributed by atoms with Crippen molar-refractivity contribution >= 4 is 27.7 Å². The van der Waals surface area contributed by atoms with E-state index in [1.165, 1.54) is 12.4 Å². The highest BCUT2D eigenvalue weighted by atomic mass is 79.9. The highest BCUT2D eigenvalue weighted by molar-refractivity contribution is 9.11. The first-order valence-corrected chi connectivity index (χ1v) is 11.9. The second-order valence-electron chi connectivity index (χ2n) is 8.30. The van der Waals surface area contributed by atoms with Crippen LogP contribution in [0.1, 0.15) is 32.5 Å². The van der Waals surface area contributed by atoms with Gasteiger partial charge in [0.25, 0.3) is 0 Å². The number of aromatic amines is 1. The summed E-state index contributed by atoms with van der Waals surface area (Å²) in [7, 11) is 0. The van der Waals surface area contributed by atoms with E-state index >= 15 is 0 Å². The van der Waals surface area contributed by atoms with Gasteiger partial charge in [0.05, 0.1) is 18.8 Å². The quantitative estimate of drug-likeness (QED) is 0.469. The van der Waals surface area contributed by atoms with E-state index in [4.69, 9.17) is 9.73 Å². The van der Waals surface area contributed by atoms with Gasteiger partial charge in [-0.1, -0.05) is 28.9 Å². The van der Waals surface area contributed by atoms with E-state index in [2.05, 4.69) is 41.3 Å². The van der Waals surface area contributed by atoms with E-state index in [0.29, 0.717) is 39.5 Å². The van der Waals surface area contributed by atoms with Crippen molar-refractivity contribution in [1.82, 2.24) is 25.4 Å². The van der Waals surface area contributed by atoms with Gasteiger partial charge in [0.15, 0.2) is 11.7 Å². The van der Waals surface area contributed by atoms with Crippen molar-refractivity contribution in [2.24, 2.45) is 10.9 Å². The molecule has 3 heterocycles. The molecule has 0 bridgehead atoms. The van der Waals surface area contributed by atoms with Gasteiger partial charge in [0.1, 0.15) is 18.5 Å². The number of nitrogens with zero attached hydrogens (tertiary/aromatic N) is 4. The smallest absolute Gasteiger partial charge is 0.338 e. The Hall–Kier alpha value is -2.37. The summed E-state index contributed by atoms with van der Waals surface area (Å²) >= 11 is 3.55. The summed E-state index contributed by atoms with van der Waals surface area (Å²) in [5.41, 5.74) is 1.68. The van der Waals surface area contributed by atoms with Gasteiger partial charge < -0.3 is 15.2 Å². The number of aliphatic imine (C=N–C) groups is 1. The van der Waals surface area contributed by atoms with Gasteiger partial charge in [0.2, 0.25) is 0 Å². The molecule has 0 saturated carbocycles. The van der Waals surface area contributed by atoms with Crippen molar-refractivity contribution < 1.29 is 19.0 Å². The topological polar surface area (TPSA) is 116 Å². The number of amidine groups is 1. The average Bonchev–Trinajstić information content (AvgIpc) is 3.49. The Bertz CT molecular complexity index is 1010. The number of hydrogen-bond acceptors (Lipinski definition) is 8. The fourth-order valence-corrected chi connectivity index (χ4v) is 5.02. The second-order valence-corrected chi connectivity index (χ2v) is 9.15. The van der Waals surface area contributed by atoms with Crippen molar-refractivity contribution in [3.63, 3.8) is 0 Å². The molecule has 0 aromatic carbocycles. The number of ether oxygens (including phenoxy) is 1. The van der Waals surface area contributed by atoms with Gasteiger partial charge in [-0.05, 0) is 38.0 Å². The molecule has 1 saturated heterocycles. The molecule has 3 aliphatic rings. The maximum Gasteiger partial charge on any atom is 0.338 e. The first-order chi connectivity index (χ1) is 15.9. The van der Waals surface area contributed by atoms with Gasteiger partial charge in [0, 0.05) is 28.7 Å².